The van der Waals surface area contributed by atoms with Gasteiger partial charge in [0.15, 0.2) is 0 Å². The van der Waals surface area contributed by atoms with Crippen LogP contribution in [0.3, 0.4) is 0 Å². The molecule has 2 aromatic carbocycles. The van der Waals surface area contributed by atoms with Crippen LogP contribution in [0.5, 0.6) is 0 Å². The summed E-state index contributed by atoms with van der Waals surface area (Å²) in [7, 11) is 0. The van der Waals surface area contributed by atoms with Crippen LogP contribution in [0.25, 0.3) is 11.1 Å². The summed E-state index contributed by atoms with van der Waals surface area (Å²) in [6.07, 6.45) is 3.89. The van der Waals surface area contributed by atoms with Gasteiger partial charge in [-0.25, -0.2) is 0 Å². The summed E-state index contributed by atoms with van der Waals surface area (Å²) >= 11 is 0. The number of pyridine rings is 1. The van der Waals surface area contributed by atoms with E-state index >= 15 is 0 Å². The third-order valence-electron chi connectivity index (χ3n) is 5.74. The fraction of sp³-hybridized carbons (Fsp3) is 0.308. The van der Waals surface area contributed by atoms with Crippen molar-refractivity contribution < 1.29 is 9.90 Å². The molecule has 2 heterocycles. The van der Waals surface area contributed by atoms with Crippen LogP contribution in [-0.4, -0.2) is 34.0 Å². The van der Waals surface area contributed by atoms with Gasteiger partial charge in [0.1, 0.15) is 0 Å². The molecular weight excluding hydrogens is 388 g/mol. The second-order valence-electron chi connectivity index (χ2n) is 7.85. The summed E-state index contributed by atoms with van der Waals surface area (Å²) in [5.41, 5.74) is 2.97. The Labute approximate surface area is 183 Å². The Morgan fingerprint density at radius 1 is 0.968 bits per heavy atom. The number of piperidine rings is 1. The molecule has 5 heteroatoms. The highest BCUT2D eigenvalue weighted by Gasteiger charge is 2.29. The molecule has 0 spiro atoms. The standard InChI is InChI=1S/C20H24N2O3.C6H6/c1-14(22-10-8-15(9-11-23)12-20(22)25)16-2-4-17(5-3-16)18-6-7-19(24)21-13-18;1-2-4-6-5-3-1/h2-7,13-15,23H,8-12H2,1H3,(H,21,24);1-6H. The minimum atomic E-state index is -0.114. The molecule has 3 aromatic rings. The van der Waals surface area contributed by atoms with Gasteiger partial charge in [-0.15, -0.1) is 0 Å². The molecule has 0 saturated carbocycles. The SMILES string of the molecule is CC(c1ccc(-c2ccc(=O)[nH]c2)cc1)N1CCC(CCO)CC1=O.c1ccccc1. The van der Waals surface area contributed by atoms with E-state index in [2.05, 4.69) is 11.9 Å². The molecule has 2 atom stereocenters. The van der Waals surface area contributed by atoms with Gasteiger partial charge < -0.3 is 15.0 Å². The summed E-state index contributed by atoms with van der Waals surface area (Å²) in [6, 6.07) is 23.5. The van der Waals surface area contributed by atoms with Crippen LogP contribution in [0.1, 0.15) is 37.8 Å². The Morgan fingerprint density at radius 2 is 1.58 bits per heavy atom. The molecule has 1 saturated heterocycles. The van der Waals surface area contributed by atoms with Gasteiger partial charge in [0.25, 0.3) is 0 Å². The number of carbonyl (C=O) groups excluding carboxylic acids is 1. The summed E-state index contributed by atoms with van der Waals surface area (Å²) in [6.45, 7) is 2.95. The number of aliphatic hydroxyl groups excluding tert-OH is 1. The van der Waals surface area contributed by atoms with Crippen molar-refractivity contribution in [3.63, 3.8) is 0 Å². The molecule has 0 radical (unpaired) electrons. The minimum absolute atomic E-state index is 0.0345. The maximum atomic E-state index is 12.4. The lowest BCUT2D eigenvalue weighted by atomic mass is 9.91. The number of nitrogens with zero attached hydrogens (tertiary/aromatic N) is 1. The second kappa shape index (κ2) is 11.3. The van der Waals surface area contributed by atoms with E-state index in [0.29, 0.717) is 18.8 Å². The number of rotatable bonds is 5. The molecule has 2 N–H and O–H groups in total. The largest absolute Gasteiger partial charge is 0.396 e. The second-order valence-corrected chi connectivity index (χ2v) is 7.85. The number of nitrogens with one attached hydrogen (secondary N) is 1. The number of H-pyrrole nitrogens is 1. The summed E-state index contributed by atoms with van der Waals surface area (Å²) < 4.78 is 0. The Balaban J connectivity index is 0.000000391. The third-order valence-corrected chi connectivity index (χ3v) is 5.74. The minimum Gasteiger partial charge on any atom is -0.396 e. The number of benzene rings is 2. The van der Waals surface area contributed by atoms with Crippen molar-refractivity contribution in [3.05, 3.63) is 94.9 Å². The molecule has 0 bridgehead atoms. The molecule has 1 fully saturated rings. The zero-order valence-electron chi connectivity index (χ0n) is 17.9. The van der Waals surface area contributed by atoms with Crippen LogP contribution in [-0.2, 0) is 4.79 Å². The molecule has 2 unspecified atom stereocenters. The first kappa shape index (κ1) is 22.5. The summed E-state index contributed by atoms with van der Waals surface area (Å²) in [4.78, 5) is 28.2. The number of aliphatic hydroxyl groups is 1. The van der Waals surface area contributed by atoms with Gasteiger partial charge in [-0.1, -0.05) is 60.7 Å². The Bertz CT molecular complexity index is 952. The number of hydrogen-bond donors (Lipinski definition) is 2. The first-order valence-electron chi connectivity index (χ1n) is 10.8. The highest BCUT2D eigenvalue weighted by molar-refractivity contribution is 5.77. The van der Waals surface area contributed by atoms with Crippen molar-refractivity contribution in [1.82, 2.24) is 9.88 Å². The maximum absolute atomic E-state index is 12.4. The van der Waals surface area contributed by atoms with Crippen LogP contribution in [0.2, 0.25) is 0 Å². The van der Waals surface area contributed by atoms with Crippen molar-refractivity contribution >= 4 is 5.91 Å². The topological polar surface area (TPSA) is 73.4 Å². The molecule has 4 rings (SSSR count). The molecule has 31 heavy (non-hydrogen) atoms. The monoisotopic (exact) mass is 418 g/mol. The van der Waals surface area contributed by atoms with Crippen molar-refractivity contribution in [3.8, 4) is 11.1 Å². The van der Waals surface area contributed by atoms with E-state index in [1.165, 1.54) is 6.07 Å². The van der Waals surface area contributed by atoms with Gasteiger partial charge in [0.2, 0.25) is 11.5 Å². The first-order valence-corrected chi connectivity index (χ1v) is 10.8. The van der Waals surface area contributed by atoms with E-state index in [9.17, 15) is 9.59 Å². The fourth-order valence-electron chi connectivity index (χ4n) is 3.86. The zero-order valence-corrected chi connectivity index (χ0v) is 17.9. The van der Waals surface area contributed by atoms with Gasteiger partial charge in [-0.05, 0) is 48.4 Å². The zero-order chi connectivity index (χ0) is 22.1. The van der Waals surface area contributed by atoms with Gasteiger partial charge in [-0.2, -0.15) is 0 Å². The smallest absolute Gasteiger partial charge is 0.247 e. The molecule has 1 amide bonds. The predicted molar refractivity (Wildman–Crippen MR) is 123 cm³/mol. The lowest BCUT2D eigenvalue weighted by Crippen LogP contribution is -2.40. The average Bonchev–Trinajstić information content (AvgIpc) is 2.81. The first-order chi connectivity index (χ1) is 15.1. The van der Waals surface area contributed by atoms with Crippen molar-refractivity contribution in [2.75, 3.05) is 13.2 Å². The number of aromatic nitrogens is 1. The molecule has 1 aliphatic rings. The van der Waals surface area contributed by atoms with Crippen molar-refractivity contribution in [2.24, 2.45) is 5.92 Å². The number of hydrogen-bond acceptors (Lipinski definition) is 3. The fourth-order valence-corrected chi connectivity index (χ4v) is 3.86. The van der Waals surface area contributed by atoms with Crippen LogP contribution in [0, 0.1) is 5.92 Å². The Kier molecular flexibility index (Phi) is 8.19. The van der Waals surface area contributed by atoms with E-state index in [4.69, 9.17) is 5.11 Å². The lowest BCUT2D eigenvalue weighted by Gasteiger charge is -2.36. The molecule has 0 aliphatic carbocycles. The summed E-state index contributed by atoms with van der Waals surface area (Å²) in [5, 5.41) is 9.05. The number of amides is 1. The number of carbonyl (C=O) groups is 1. The van der Waals surface area contributed by atoms with Crippen LogP contribution >= 0.6 is 0 Å². The third kappa shape index (κ3) is 6.40. The van der Waals surface area contributed by atoms with Gasteiger partial charge in [-0.3, -0.25) is 9.59 Å². The predicted octanol–water partition coefficient (Wildman–Crippen LogP) is 4.41. The molecule has 1 aromatic heterocycles. The summed E-state index contributed by atoms with van der Waals surface area (Å²) in [5.74, 6) is 0.477. The van der Waals surface area contributed by atoms with E-state index in [1.807, 2.05) is 65.6 Å². The molecule has 162 valence electrons. The van der Waals surface area contributed by atoms with E-state index in [0.717, 1.165) is 29.7 Å². The molecule has 5 nitrogen and oxygen atoms in total. The maximum Gasteiger partial charge on any atom is 0.247 e. The normalized spacial score (nSPS) is 16.9. The Hall–Kier alpha value is -3.18. The van der Waals surface area contributed by atoms with Crippen LogP contribution in [0.4, 0.5) is 0 Å². The highest BCUT2D eigenvalue weighted by atomic mass is 16.3. The van der Waals surface area contributed by atoms with E-state index in [-0.39, 0.29) is 24.1 Å². The van der Waals surface area contributed by atoms with Crippen molar-refractivity contribution in [1.29, 1.82) is 0 Å². The van der Waals surface area contributed by atoms with E-state index < -0.39 is 0 Å². The highest BCUT2D eigenvalue weighted by Crippen LogP contribution is 2.30. The van der Waals surface area contributed by atoms with Gasteiger partial charge in [0, 0.05) is 31.8 Å². The van der Waals surface area contributed by atoms with Gasteiger partial charge >= 0.3 is 0 Å². The van der Waals surface area contributed by atoms with Gasteiger partial charge in [0.05, 0.1) is 6.04 Å². The molecular formula is C26H30N2O3. The quantitative estimate of drug-likeness (QED) is 0.645. The Morgan fingerprint density at radius 3 is 2.10 bits per heavy atom. The number of likely N-dealkylation sites (tertiary alicyclic amines) is 1. The average molecular weight is 419 g/mol. The molecule has 1 aliphatic heterocycles. The van der Waals surface area contributed by atoms with E-state index in [1.54, 1.807) is 12.3 Å². The number of aromatic amines is 1. The van der Waals surface area contributed by atoms with Crippen LogP contribution < -0.4 is 5.56 Å². The van der Waals surface area contributed by atoms with Crippen molar-refractivity contribution in [2.45, 2.75) is 32.2 Å². The lowest BCUT2D eigenvalue weighted by molar-refractivity contribution is -0.137. The van der Waals surface area contributed by atoms with Crippen LogP contribution in [0.15, 0.2) is 83.8 Å².